The number of amides is 1. The van der Waals surface area contributed by atoms with Gasteiger partial charge in [0.1, 0.15) is 11.5 Å². The first kappa shape index (κ1) is 15.3. The van der Waals surface area contributed by atoms with Crippen LogP contribution in [0.15, 0.2) is 35.0 Å². The molecule has 120 valence electrons. The minimum absolute atomic E-state index is 0.0246. The van der Waals surface area contributed by atoms with Gasteiger partial charge in [-0.2, -0.15) is 0 Å². The van der Waals surface area contributed by atoms with Gasteiger partial charge in [-0.25, -0.2) is 8.42 Å². The molecule has 0 aromatic carbocycles. The van der Waals surface area contributed by atoms with E-state index >= 15 is 0 Å². The highest BCUT2D eigenvalue weighted by Gasteiger charge is 2.37. The standard InChI is InChI=1S/C16H21NO4S/c18-16(13-5-2-1-3-6-13)17-9-8-15(11-17)22(19,20)12-14-7-4-10-21-14/h1-2,4,7,10,13,15H,3,5-6,8-9,11-12H2. The Morgan fingerprint density at radius 1 is 1.32 bits per heavy atom. The van der Waals surface area contributed by atoms with Crippen LogP contribution in [-0.4, -0.2) is 37.6 Å². The van der Waals surface area contributed by atoms with Gasteiger partial charge < -0.3 is 9.32 Å². The van der Waals surface area contributed by atoms with Gasteiger partial charge in [0.25, 0.3) is 0 Å². The van der Waals surface area contributed by atoms with Gasteiger partial charge in [-0.15, -0.1) is 0 Å². The molecule has 1 aromatic rings. The molecule has 1 fully saturated rings. The highest BCUT2D eigenvalue weighted by molar-refractivity contribution is 7.91. The van der Waals surface area contributed by atoms with E-state index in [9.17, 15) is 13.2 Å². The summed E-state index contributed by atoms with van der Waals surface area (Å²) in [6.07, 6.45) is 8.74. The molecule has 1 saturated heterocycles. The molecule has 2 heterocycles. The van der Waals surface area contributed by atoms with Gasteiger partial charge in [0.05, 0.1) is 11.5 Å². The Bertz CT molecular complexity index is 648. The Kier molecular flexibility index (Phi) is 4.38. The number of nitrogens with zero attached hydrogens (tertiary/aromatic N) is 1. The van der Waals surface area contributed by atoms with E-state index in [2.05, 4.69) is 6.08 Å². The van der Waals surface area contributed by atoms with Crippen LogP contribution < -0.4 is 0 Å². The molecule has 22 heavy (non-hydrogen) atoms. The minimum Gasteiger partial charge on any atom is -0.468 e. The summed E-state index contributed by atoms with van der Waals surface area (Å²) in [6.45, 7) is 0.864. The van der Waals surface area contributed by atoms with E-state index in [1.54, 1.807) is 17.0 Å². The van der Waals surface area contributed by atoms with Crippen LogP contribution in [0.1, 0.15) is 31.4 Å². The number of carbonyl (C=O) groups excluding carboxylic acids is 1. The zero-order valence-electron chi connectivity index (χ0n) is 12.5. The summed E-state index contributed by atoms with van der Waals surface area (Å²) in [5.74, 6) is 0.512. The van der Waals surface area contributed by atoms with E-state index in [1.807, 2.05) is 6.08 Å². The van der Waals surface area contributed by atoms with E-state index < -0.39 is 15.1 Å². The average molecular weight is 323 g/mol. The van der Waals surface area contributed by atoms with Crippen LogP contribution in [0.5, 0.6) is 0 Å². The number of furan rings is 1. The number of hydrogen-bond acceptors (Lipinski definition) is 4. The van der Waals surface area contributed by atoms with Gasteiger partial charge in [-0.1, -0.05) is 12.2 Å². The smallest absolute Gasteiger partial charge is 0.226 e. The maximum Gasteiger partial charge on any atom is 0.226 e. The van der Waals surface area contributed by atoms with Crippen molar-refractivity contribution in [1.29, 1.82) is 0 Å². The van der Waals surface area contributed by atoms with Crippen LogP contribution in [0.4, 0.5) is 0 Å². The SMILES string of the molecule is O=C(C1CC=CCC1)N1CCC(S(=O)(=O)Cc2ccco2)C1. The Hall–Kier alpha value is -1.56. The maximum atomic E-state index is 12.5. The van der Waals surface area contributed by atoms with E-state index in [1.165, 1.54) is 6.26 Å². The topological polar surface area (TPSA) is 67.6 Å². The van der Waals surface area contributed by atoms with Crippen LogP contribution >= 0.6 is 0 Å². The third-order valence-electron chi connectivity index (χ3n) is 4.51. The van der Waals surface area contributed by atoms with Gasteiger partial charge in [0.2, 0.25) is 5.91 Å². The zero-order valence-corrected chi connectivity index (χ0v) is 13.3. The van der Waals surface area contributed by atoms with Crippen LogP contribution in [-0.2, 0) is 20.4 Å². The van der Waals surface area contributed by atoms with E-state index in [0.29, 0.717) is 25.3 Å². The predicted molar refractivity (Wildman–Crippen MR) is 82.8 cm³/mol. The Balaban J connectivity index is 1.61. The normalized spacial score (nSPS) is 25.5. The van der Waals surface area contributed by atoms with Crippen molar-refractivity contribution in [2.45, 2.75) is 36.7 Å². The summed E-state index contributed by atoms with van der Waals surface area (Å²) < 4.78 is 30.0. The van der Waals surface area contributed by atoms with Crippen LogP contribution in [0.25, 0.3) is 0 Å². The van der Waals surface area contributed by atoms with Crippen LogP contribution in [0.3, 0.4) is 0 Å². The molecule has 2 aliphatic rings. The quantitative estimate of drug-likeness (QED) is 0.796. The van der Waals surface area contributed by atoms with Crippen LogP contribution in [0, 0.1) is 5.92 Å². The van der Waals surface area contributed by atoms with Gasteiger partial charge >= 0.3 is 0 Å². The molecule has 2 atom stereocenters. The Labute approximate surface area is 130 Å². The lowest BCUT2D eigenvalue weighted by atomic mass is 9.93. The number of allylic oxidation sites excluding steroid dienone is 2. The first-order chi connectivity index (χ1) is 10.6. The lowest BCUT2D eigenvalue weighted by Gasteiger charge is -2.24. The first-order valence-electron chi connectivity index (χ1n) is 7.74. The molecule has 1 aliphatic carbocycles. The monoisotopic (exact) mass is 323 g/mol. The molecular weight excluding hydrogens is 302 g/mol. The van der Waals surface area contributed by atoms with Crippen molar-refractivity contribution in [2.75, 3.05) is 13.1 Å². The second kappa shape index (κ2) is 6.28. The largest absolute Gasteiger partial charge is 0.468 e. The summed E-state index contributed by atoms with van der Waals surface area (Å²) in [7, 11) is -3.28. The molecule has 2 unspecified atom stereocenters. The van der Waals surface area contributed by atoms with Gasteiger partial charge in [0.15, 0.2) is 9.84 Å². The first-order valence-corrected chi connectivity index (χ1v) is 9.45. The fourth-order valence-corrected chi connectivity index (χ4v) is 4.88. The Morgan fingerprint density at radius 3 is 2.86 bits per heavy atom. The molecule has 0 spiro atoms. The molecule has 6 heteroatoms. The summed E-state index contributed by atoms with van der Waals surface area (Å²) in [5.41, 5.74) is 0. The maximum absolute atomic E-state index is 12.5. The number of carbonyl (C=O) groups is 1. The highest BCUT2D eigenvalue weighted by Crippen LogP contribution is 2.26. The average Bonchev–Trinajstić information content (AvgIpc) is 3.18. The van der Waals surface area contributed by atoms with Crippen molar-refractivity contribution < 1.29 is 17.6 Å². The number of rotatable bonds is 4. The number of likely N-dealkylation sites (tertiary alicyclic amines) is 1. The van der Waals surface area contributed by atoms with Gasteiger partial charge in [-0.3, -0.25) is 4.79 Å². The van der Waals surface area contributed by atoms with Gasteiger partial charge in [-0.05, 0) is 37.8 Å². The fourth-order valence-electron chi connectivity index (χ4n) is 3.21. The Morgan fingerprint density at radius 2 is 2.18 bits per heavy atom. The lowest BCUT2D eigenvalue weighted by molar-refractivity contribution is -0.134. The summed E-state index contributed by atoms with van der Waals surface area (Å²) in [4.78, 5) is 14.2. The lowest BCUT2D eigenvalue weighted by Crippen LogP contribution is -2.36. The molecule has 1 aliphatic heterocycles. The van der Waals surface area contributed by atoms with Crippen molar-refractivity contribution in [1.82, 2.24) is 4.90 Å². The van der Waals surface area contributed by atoms with E-state index in [-0.39, 0.29) is 17.6 Å². The van der Waals surface area contributed by atoms with Gasteiger partial charge in [0, 0.05) is 19.0 Å². The molecule has 1 amide bonds. The molecule has 3 rings (SSSR count). The minimum atomic E-state index is -3.28. The molecule has 0 saturated carbocycles. The van der Waals surface area contributed by atoms with Crippen molar-refractivity contribution in [2.24, 2.45) is 5.92 Å². The molecular formula is C16H21NO4S. The third-order valence-corrected chi connectivity index (χ3v) is 6.59. The van der Waals surface area contributed by atoms with Crippen LogP contribution in [0.2, 0.25) is 0 Å². The predicted octanol–water partition coefficient (Wildman–Crippen LogP) is 2.15. The molecule has 0 radical (unpaired) electrons. The van der Waals surface area contributed by atoms with E-state index in [4.69, 9.17) is 4.42 Å². The fraction of sp³-hybridized carbons (Fsp3) is 0.562. The van der Waals surface area contributed by atoms with Crippen molar-refractivity contribution in [3.05, 3.63) is 36.3 Å². The molecule has 0 bridgehead atoms. The molecule has 5 nitrogen and oxygen atoms in total. The second-order valence-corrected chi connectivity index (χ2v) is 8.34. The molecule has 0 N–H and O–H groups in total. The summed E-state index contributed by atoms with van der Waals surface area (Å²) >= 11 is 0. The highest BCUT2D eigenvalue weighted by atomic mass is 32.2. The van der Waals surface area contributed by atoms with Crippen molar-refractivity contribution >= 4 is 15.7 Å². The third kappa shape index (κ3) is 3.27. The zero-order chi connectivity index (χ0) is 15.6. The van der Waals surface area contributed by atoms with Crippen molar-refractivity contribution in [3.8, 4) is 0 Å². The summed E-state index contributed by atoms with van der Waals surface area (Å²) in [5, 5.41) is -0.472. The number of hydrogen-bond donors (Lipinski definition) is 0. The summed E-state index contributed by atoms with van der Waals surface area (Å²) in [6, 6.07) is 3.36. The van der Waals surface area contributed by atoms with Crippen molar-refractivity contribution in [3.63, 3.8) is 0 Å². The van der Waals surface area contributed by atoms with E-state index in [0.717, 1.165) is 19.3 Å². The number of sulfone groups is 1. The molecule has 1 aromatic heterocycles. The second-order valence-electron chi connectivity index (χ2n) is 6.06.